The Morgan fingerprint density at radius 2 is 2.18 bits per heavy atom. The van der Waals surface area contributed by atoms with Gasteiger partial charge in [-0.15, -0.1) is 0 Å². The van der Waals surface area contributed by atoms with Gasteiger partial charge in [0, 0.05) is 11.8 Å². The second-order valence-electron chi connectivity index (χ2n) is 5.88. The first-order valence-corrected chi connectivity index (χ1v) is 6.59. The maximum atomic E-state index is 5.40. The molecular weight excluding hydrogens is 208 g/mol. The van der Waals surface area contributed by atoms with Crippen LogP contribution in [0.2, 0.25) is 0 Å². The lowest BCUT2D eigenvalue weighted by molar-refractivity contribution is 0.179. The first-order chi connectivity index (χ1) is 7.99. The van der Waals surface area contributed by atoms with Crippen molar-refractivity contribution in [3.8, 4) is 0 Å². The number of hydrogen-bond donors (Lipinski definition) is 0. The van der Waals surface area contributed by atoms with Crippen molar-refractivity contribution >= 4 is 0 Å². The smallest absolute Gasteiger partial charge is 0.0961 e. The second kappa shape index (κ2) is 4.36. The van der Waals surface area contributed by atoms with E-state index in [0.717, 1.165) is 12.2 Å². The molecule has 0 amide bonds. The van der Waals surface area contributed by atoms with Gasteiger partial charge in [0.25, 0.3) is 0 Å². The molecule has 0 aromatic heterocycles. The Morgan fingerprint density at radius 3 is 2.65 bits per heavy atom. The maximum Gasteiger partial charge on any atom is 0.0961 e. The standard InChI is InChI=1S/C16H24O/c1-11(2)14-6-7-16(10-14)12(3)8-15(17-5)9-13(16)4/h8,13H,3,6-7,9-10H2,1-2,4-5H3/t13-,16?/m0/s1. The Kier molecular flexibility index (Phi) is 3.20. The summed E-state index contributed by atoms with van der Waals surface area (Å²) in [6.45, 7) is 11.1. The summed E-state index contributed by atoms with van der Waals surface area (Å²) in [5.41, 5.74) is 4.74. The van der Waals surface area contributed by atoms with Gasteiger partial charge in [-0.3, -0.25) is 0 Å². The molecule has 0 bridgehead atoms. The normalized spacial score (nSPS) is 32.9. The van der Waals surface area contributed by atoms with Crippen LogP contribution >= 0.6 is 0 Å². The maximum absolute atomic E-state index is 5.40. The number of rotatable bonds is 1. The minimum atomic E-state index is 0.314. The van der Waals surface area contributed by atoms with Gasteiger partial charge in [-0.2, -0.15) is 0 Å². The van der Waals surface area contributed by atoms with E-state index >= 15 is 0 Å². The van der Waals surface area contributed by atoms with Crippen LogP contribution in [-0.2, 0) is 4.74 Å². The summed E-state index contributed by atoms with van der Waals surface area (Å²) in [5, 5.41) is 0. The molecule has 2 rings (SSSR count). The summed E-state index contributed by atoms with van der Waals surface area (Å²) >= 11 is 0. The first kappa shape index (κ1) is 12.5. The van der Waals surface area contributed by atoms with Crippen molar-refractivity contribution in [3.05, 3.63) is 35.1 Å². The van der Waals surface area contributed by atoms with Crippen LogP contribution in [0.25, 0.3) is 0 Å². The van der Waals surface area contributed by atoms with Gasteiger partial charge < -0.3 is 4.74 Å². The molecule has 1 nitrogen and oxygen atoms in total. The van der Waals surface area contributed by atoms with Crippen LogP contribution in [-0.4, -0.2) is 7.11 Å². The number of methoxy groups -OCH3 is 1. The minimum absolute atomic E-state index is 0.314. The highest BCUT2D eigenvalue weighted by Crippen LogP contribution is 2.56. The molecule has 1 fully saturated rings. The Labute approximate surface area is 105 Å². The fourth-order valence-electron chi connectivity index (χ4n) is 3.41. The van der Waals surface area contributed by atoms with E-state index in [1.54, 1.807) is 12.7 Å². The fraction of sp³-hybridized carbons (Fsp3) is 0.625. The summed E-state index contributed by atoms with van der Waals surface area (Å²) in [4.78, 5) is 0. The fourth-order valence-corrected chi connectivity index (χ4v) is 3.41. The van der Waals surface area contributed by atoms with Gasteiger partial charge >= 0.3 is 0 Å². The van der Waals surface area contributed by atoms with E-state index < -0.39 is 0 Å². The van der Waals surface area contributed by atoms with Crippen molar-refractivity contribution in [3.63, 3.8) is 0 Å². The Morgan fingerprint density at radius 1 is 1.47 bits per heavy atom. The number of ether oxygens (including phenoxy) is 1. The van der Waals surface area contributed by atoms with Crippen molar-refractivity contribution in [1.82, 2.24) is 0 Å². The lowest BCUT2D eigenvalue weighted by Crippen LogP contribution is -2.30. The molecule has 0 aromatic rings. The third-order valence-corrected chi connectivity index (χ3v) is 4.80. The molecule has 0 aromatic carbocycles. The number of hydrogen-bond acceptors (Lipinski definition) is 1. The average molecular weight is 232 g/mol. The molecule has 1 heteroatoms. The SMILES string of the molecule is C=C1C=C(OC)C[C@H](C)C12CCC(=C(C)C)C2. The van der Waals surface area contributed by atoms with Gasteiger partial charge in [-0.1, -0.05) is 24.6 Å². The van der Waals surface area contributed by atoms with E-state index in [1.165, 1.54) is 30.4 Å². The zero-order chi connectivity index (χ0) is 12.6. The molecule has 2 aliphatic rings. The van der Waals surface area contributed by atoms with E-state index in [9.17, 15) is 0 Å². The van der Waals surface area contributed by atoms with Crippen molar-refractivity contribution in [2.24, 2.45) is 11.3 Å². The highest BCUT2D eigenvalue weighted by atomic mass is 16.5. The van der Waals surface area contributed by atoms with Crippen molar-refractivity contribution in [2.75, 3.05) is 7.11 Å². The van der Waals surface area contributed by atoms with Crippen LogP contribution in [0.1, 0.15) is 46.5 Å². The van der Waals surface area contributed by atoms with Gasteiger partial charge in [0.2, 0.25) is 0 Å². The summed E-state index contributed by atoms with van der Waals surface area (Å²) in [5.74, 6) is 1.74. The Bertz CT molecular complexity index is 396. The molecule has 17 heavy (non-hydrogen) atoms. The average Bonchev–Trinajstić information content (AvgIpc) is 2.72. The summed E-state index contributed by atoms with van der Waals surface area (Å²) in [7, 11) is 1.76. The van der Waals surface area contributed by atoms with Crippen LogP contribution in [0, 0.1) is 11.3 Å². The van der Waals surface area contributed by atoms with Crippen LogP contribution in [0.15, 0.2) is 35.1 Å². The monoisotopic (exact) mass is 232 g/mol. The van der Waals surface area contributed by atoms with Crippen molar-refractivity contribution in [1.29, 1.82) is 0 Å². The zero-order valence-electron chi connectivity index (χ0n) is 11.6. The van der Waals surface area contributed by atoms with Gasteiger partial charge in [0.15, 0.2) is 0 Å². The highest BCUT2D eigenvalue weighted by Gasteiger charge is 2.45. The van der Waals surface area contributed by atoms with Crippen LogP contribution < -0.4 is 0 Å². The molecule has 94 valence electrons. The molecule has 0 heterocycles. The topological polar surface area (TPSA) is 9.23 Å². The van der Waals surface area contributed by atoms with Gasteiger partial charge in [0.1, 0.15) is 0 Å². The van der Waals surface area contributed by atoms with Crippen molar-refractivity contribution < 1.29 is 4.74 Å². The van der Waals surface area contributed by atoms with Gasteiger partial charge in [-0.25, -0.2) is 0 Å². The molecule has 0 aliphatic heterocycles. The van der Waals surface area contributed by atoms with Crippen LogP contribution in [0.5, 0.6) is 0 Å². The van der Waals surface area contributed by atoms with E-state index in [1.807, 2.05) is 0 Å². The van der Waals surface area contributed by atoms with E-state index in [4.69, 9.17) is 4.74 Å². The van der Waals surface area contributed by atoms with Crippen molar-refractivity contribution in [2.45, 2.75) is 46.5 Å². The zero-order valence-corrected chi connectivity index (χ0v) is 11.6. The first-order valence-electron chi connectivity index (χ1n) is 6.59. The van der Waals surface area contributed by atoms with E-state index in [2.05, 4.69) is 33.4 Å². The molecule has 0 N–H and O–H groups in total. The van der Waals surface area contributed by atoms with Crippen LogP contribution in [0.4, 0.5) is 0 Å². The predicted octanol–water partition coefficient (Wildman–Crippen LogP) is 4.62. The molecule has 0 saturated heterocycles. The molecule has 1 saturated carbocycles. The third-order valence-electron chi connectivity index (χ3n) is 4.80. The van der Waals surface area contributed by atoms with Crippen LogP contribution in [0.3, 0.4) is 0 Å². The molecule has 2 aliphatic carbocycles. The second-order valence-corrected chi connectivity index (χ2v) is 5.88. The van der Waals surface area contributed by atoms with E-state index in [-0.39, 0.29) is 0 Å². The molecule has 1 spiro atoms. The Hall–Kier alpha value is -0.980. The Balaban J connectivity index is 2.31. The molecule has 0 radical (unpaired) electrons. The molecular formula is C16H24O. The minimum Gasteiger partial charge on any atom is -0.501 e. The lowest BCUT2D eigenvalue weighted by atomic mass is 9.65. The van der Waals surface area contributed by atoms with E-state index in [0.29, 0.717) is 11.3 Å². The molecule has 2 atom stereocenters. The number of allylic oxidation sites excluding steroid dienone is 5. The highest BCUT2D eigenvalue weighted by molar-refractivity contribution is 5.36. The summed E-state index contributed by atoms with van der Waals surface area (Å²) in [6.07, 6.45) is 6.96. The van der Waals surface area contributed by atoms with Gasteiger partial charge in [-0.05, 0) is 50.7 Å². The lowest BCUT2D eigenvalue weighted by Gasteiger charge is -2.40. The largest absolute Gasteiger partial charge is 0.501 e. The summed E-state index contributed by atoms with van der Waals surface area (Å²) < 4.78 is 5.40. The quantitative estimate of drug-likeness (QED) is 0.599. The predicted molar refractivity (Wildman–Crippen MR) is 72.7 cm³/mol. The van der Waals surface area contributed by atoms with Gasteiger partial charge in [0.05, 0.1) is 12.9 Å². The third kappa shape index (κ3) is 1.96. The summed E-state index contributed by atoms with van der Waals surface area (Å²) in [6, 6.07) is 0. The molecule has 1 unspecified atom stereocenters.